The van der Waals surface area contributed by atoms with Gasteiger partial charge in [-0.3, -0.25) is 0 Å². The van der Waals surface area contributed by atoms with Crippen molar-refractivity contribution in [2.24, 2.45) is 0 Å². The third-order valence-electron chi connectivity index (χ3n) is 0. The van der Waals surface area contributed by atoms with Gasteiger partial charge in [-0.25, -0.2) is 0 Å². The van der Waals surface area contributed by atoms with Gasteiger partial charge in [0.1, 0.15) is 0 Å². The Balaban J connectivity index is -0.0000000133. The van der Waals surface area contributed by atoms with E-state index in [1.165, 1.54) is 0 Å². The van der Waals surface area contributed by atoms with Crippen LogP contribution >= 0.6 is 0 Å². The molecule has 7 heavy (non-hydrogen) atoms. The van der Waals surface area contributed by atoms with Crippen LogP contribution in [0.1, 0.15) is 2.85 Å². The zero-order valence-electron chi connectivity index (χ0n) is 5.50. The van der Waals surface area contributed by atoms with Gasteiger partial charge in [0, 0.05) is 27.3 Å². The molecule has 0 spiro atoms. The fourth-order valence-corrected chi connectivity index (χ4v) is 0. The summed E-state index contributed by atoms with van der Waals surface area (Å²) >= 11 is 0. The first-order chi connectivity index (χ1) is 2.00. The van der Waals surface area contributed by atoms with Crippen LogP contribution in [0.3, 0.4) is 0 Å². The zero-order chi connectivity index (χ0) is 4.50. The minimum absolute atomic E-state index is 0. The van der Waals surface area contributed by atoms with E-state index < -0.39 is 9.05 Å². The summed E-state index contributed by atoms with van der Waals surface area (Å²) in [5.74, 6) is 0. The van der Waals surface area contributed by atoms with Crippen LogP contribution in [-0.4, -0.2) is 93.3 Å². The van der Waals surface area contributed by atoms with Crippen molar-refractivity contribution in [1.29, 1.82) is 0 Å². The fourth-order valence-electron chi connectivity index (χ4n) is 0. The predicted molar refractivity (Wildman–Crippen MR) is 28.4 cm³/mol. The van der Waals surface area contributed by atoms with Crippen molar-refractivity contribution < 1.29 is 22.0 Å². The van der Waals surface area contributed by atoms with Gasteiger partial charge in [0.25, 0.3) is 0 Å². The second-order valence-corrected chi connectivity index (χ2v) is 1.80. The molecule has 0 unspecified atom stereocenters. The fraction of sp³-hybridized carbons (Fsp3) is 0. The molecule has 4 nitrogen and oxygen atoms in total. The van der Waals surface area contributed by atoms with E-state index in [1.54, 1.807) is 0 Å². The van der Waals surface area contributed by atoms with E-state index in [1.807, 2.05) is 0 Å². The van der Waals surface area contributed by atoms with Gasteiger partial charge in [0.05, 0.1) is 0 Å². The Bertz CT molecular complexity index is 34.0. The van der Waals surface area contributed by atoms with Crippen LogP contribution in [-0.2, 0) is 0 Å². The first-order valence-electron chi connectivity index (χ1n) is 0.894. The topological polar surface area (TPSA) is 80.9 Å². The van der Waals surface area contributed by atoms with E-state index >= 15 is 0 Å². The van der Waals surface area contributed by atoms with Crippen molar-refractivity contribution in [3.05, 3.63) is 0 Å². The van der Waals surface area contributed by atoms with Gasteiger partial charge in [-0.2, -0.15) is 0 Å². The van der Waals surface area contributed by atoms with Crippen molar-refractivity contribution in [2.45, 2.75) is 0 Å². The summed E-state index contributed by atoms with van der Waals surface area (Å²) in [5, 5.41) is 0. The van der Waals surface area contributed by atoms with Crippen molar-refractivity contribution in [2.75, 3.05) is 0 Å². The number of hydrogen-bond acceptors (Lipinski definition) is 4. The molecule has 4 radical (unpaired) electrons. The molecule has 0 aliphatic carbocycles. The van der Waals surface area contributed by atoms with E-state index in [0.29, 0.717) is 0 Å². The molecule has 0 saturated carbocycles. The van der Waals surface area contributed by atoms with Crippen molar-refractivity contribution in [3.8, 4) is 0 Å². The Labute approximate surface area is 94.8 Å². The maximum Gasteiger partial charge on any atom is 2.00 e. The van der Waals surface area contributed by atoms with E-state index in [9.17, 15) is 0 Å². The van der Waals surface area contributed by atoms with Crippen molar-refractivity contribution in [3.63, 3.8) is 0 Å². The summed E-state index contributed by atoms with van der Waals surface area (Å²) in [4.78, 5) is 29.3. The second kappa shape index (κ2) is 6.36. The molecule has 4 N–H and O–H groups in total. The normalized spacial score (nSPS) is 8.57. The molecule has 0 aliphatic rings. The Morgan fingerprint density at radius 1 is 1.00 bits per heavy atom. The van der Waals surface area contributed by atoms with Crippen LogP contribution in [0.4, 0.5) is 0 Å². The molecule has 0 aromatic heterocycles. The number of rotatable bonds is 0. The standard InChI is InChI=1S/Ca.H4O4Si.Pb.2H/c;1-5(2,3)4;;;/h;1-4H;;;/q+2;;;2*-1. The van der Waals surface area contributed by atoms with Gasteiger partial charge < -0.3 is 22.0 Å². The van der Waals surface area contributed by atoms with Crippen LogP contribution in [0.25, 0.3) is 0 Å². The Morgan fingerprint density at radius 3 is 1.00 bits per heavy atom. The Morgan fingerprint density at radius 2 is 1.00 bits per heavy atom. The van der Waals surface area contributed by atoms with Gasteiger partial charge in [0.15, 0.2) is 0 Å². The first-order valence-corrected chi connectivity index (χ1v) is 2.68. The van der Waals surface area contributed by atoms with E-state index in [4.69, 9.17) is 19.2 Å². The number of hydrogen-bond donors (Lipinski definition) is 4. The molecular weight excluding hydrogens is 339 g/mol. The SMILES string of the molecule is O[Si](O)(O)O.[Ca+2].[H-].[H-].[Pb]. The molecule has 0 heterocycles. The smallest absolute Gasteiger partial charge is 1.00 e. The Kier molecular flexibility index (Phi) is 14.6. The van der Waals surface area contributed by atoms with Gasteiger partial charge in [0.2, 0.25) is 0 Å². The minimum Gasteiger partial charge on any atom is -1.00 e. The molecule has 0 aromatic carbocycles. The summed E-state index contributed by atoms with van der Waals surface area (Å²) in [6, 6.07) is 0. The van der Waals surface area contributed by atoms with Gasteiger partial charge >= 0.3 is 46.8 Å². The monoisotopic (exact) mass is 346 g/mol. The second-order valence-electron chi connectivity index (χ2n) is 0.600. The van der Waals surface area contributed by atoms with Crippen LogP contribution < -0.4 is 0 Å². The summed E-state index contributed by atoms with van der Waals surface area (Å²) in [6.07, 6.45) is 0. The van der Waals surface area contributed by atoms with Crippen LogP contribution in [0, 0.1) is 0 Å². The molecule has 40 valence electrons. The maximum atomic E-state index is 7.33. The van der Waals surface area contributed by atoms with E-state index in [2.05, 4.69) is 0 Å². The Hall–Kier alpha value is 2.24. The molecule has 0 fully saturated rings. The van der Waals surface area contributed by atoms with Gasteiger partial charge in [-0.05, 0) is 0 Å². The molecule has 0 aromatic rings. The molecular formula is H6CaO4PbSi. The maximum absolute atomic E-state index is 7.33. The van der Waals surface area contributed by atoms with Crippen LogP contribution in [0.15, 0.2) is 0 Å². The van der Waals surface area contributed by atoms with E-state index in [0.717, 1.165) is 0 Å². The molecule has 0 saturated heterocycles. The third-order valence-corrected chi connectivity index (χ3v) is 0. The minimum atomic E-state index is -4.61. The van der Waals surface area contributed by atoms with Gasteiger partial charge in [-0.15, -0.1) is 0 Å². The van der Waals surface area contributed by atoms with Crippen LogP contribution in [0.5, 0.6) is 0 Å². The predicted octanol–water partition coefficient (Wildman–Crippen LogP) is -3.15. The average molecular weight is 345 g/mol. The average Bonchev–Trinajstić information content (AvgIpc) is 0.722. The molecule has 7 heteroatoms. The molecule has 0 aliphatic heterocycles. The summed E-state index contributed by atoms with van der Waals surface area (Å²) < 4.78 is 0. The van der Waals surface area contributed by atoms with Crippen LogP contribution in [0.2, 0.25) is 0 Å². The quantitative estimate of drug-likeness (QED) is 0.350. The zero-order valence-corrected chi connectivity index (χ0v) is 10.6. The largest absolute Gasteiger partial charge is 2.00 e. The molecule has 0 rings (SSSR count). The van der Waals surface area contributed by atoms with Crippen molar-refractivity contribution >= 4 is 74.1 Å². The summed E-state index contributed by atoms with van der Waals surface area (Å²) in [6.45, 7) is 0. The van der Waals surface area contributed by atoms with E-state index in [-0.39, 0.29) is 67.9 Å². The molecule has 0 bridgehead atoms. The first kappa shape index (κ1) is 16.1. The third kappa shape index (κ3) is 64.0. The molecule has 0 atom stereocenters. The summed E-state index contributed by atoms with van der Waals surface area (Å²) in [5.41, 5.74) is 0. The molecule has 0 amide bonds. The van der Waals surface area contributed by atoms with Gasteiger partial charge in [-0.1, -0.05) is 0 Å². The van der Waals surface area contributed by atoms with Crippen molar-refractivity contribution in [1.82, 2.24) is 0 Å². The summed E-state index contributed by atoms with van der Waals surface area (Å²) in [7, 11) is -4.61.